The average Bonchev–Trinajstić information content (AvgIpc) is 2.84. The SMILES string of the molecule is Cc1conc1NC(=O)CCn1c(C)c(C)sc1=O. The third-order valence-corrected chi connectivity index (χ3v) is 3.94. The number of carbonyl (C=O) groups is 1. The van der Waals surface area contributed by atoms with Gasteiger partial charge in [-0.1, -0.05) is 16.5 Å². The summed E-state index contributed by atoms with van der Waals surface area (Å²) in [6.07, 6.45) is 1.69. The van der Waals surface area contributed by atoms with Crippen molar-refractivity contribution < 1.29 is 9.32 Å². The van der Waals surface area contributed by atoms with E-state index in [0.717, 1.165) is 16.1 Å². The first kappa shape index (κ1) is 13.5. The van der Waals surface area contributed by atoms with Crippen LogP contribution in [-0.2, 0) is 11.3 Å². The van der Waals surface area contributed by atoms with Crippen LogP contribution in [0, 0.1) is 20.8 Å². The summed E-state index contributed by atoms with van der Waals surface area (Å²) in [6.45, 7) is 5.95. The summed E-state index contributed by atoms with van der Waals surface area (Å²) in [5, 5.41) is 6.33. The quantitative estimate of drug-likeness (QED) is 0.927. The van der Waals surface area contributed by atoms with Crippen molar-refractivity contribution in [1.29, 1.82) is 0 Å². The lowest BCUT2D eigenvalue weighted by atomic mass is 10.3. The minimum Gasteiger partial charge on any atom is -0.362 e. The predicted molar refractivity (Wildman–Crippen MR) is 72.5 cm³/mol. The minimum atomic E-state index is -0.188. The molecule has 0 aliphatic rings. The summed E-state index contributed by atoms with van der Waals surface area (Å²) in [7, 11) is 0. The van der Waals surface area contributed by atoms with Crippen LogP contribution < -0.4 is 10.2 Å². The van der Waals surface area contributed by atoms with Crippen LogP contribution in [0.3, 0.4) is 0 Å². The van der Waals surface area contributed by atoms with Crippen LogP contribution >= 0.6 is 11.3 Å². The Balaban J connectivity index is 1.97. The molecule has 7 heteroatoms. The van der Waals surface area contributed by atoms with E-state index in [2.05, 4.69) is 10.5 Å². The second-order valence-corrected chi connectivity index (χ2v) is 5.47. The van der Waals surface area contributed by atoms with Gasteiger partial charge in [0.1, 0.15) is 6.26 Å². The van der Waals surface area contributed by atoms with Gasteiger partial charge in [-0.25, -0.2) is 0 Å². The third-order valence-electron chi connectivity index (χ3n) is 2.94. The van der Waals surface area contributed by atoms with Crippen molar-refractivity contribution in [2.75, 3.05) is 5.32 Å². The molecule has 1 N–H and O–H groups in total. The first-order valence-corrected chi connectivity index (χ1v) is 6.68. The van der Waals surface area contributed by atoms with Gasteiger partial charge in [0.05, 0.1) is 0 Å². The van der Waals surface area contributed by atoms with E-state index in [9.17, 15) is 9.59 Å². The van der Waals surface area contributed by atoms with Crippen LogP contribution in [0.5, 0.6) is 0 Å². The van der Waals surface area contributed by atoms with E-state index in [1.807, 2.05) is 13.8 Å². The summed E-state index contributed by atoms with van der Waals surface area (Å²) in [5.41, 5.74) is 1.69. The number of thiazole rings is 1. The van der Waals surface area contributed by atoms with E-state index < -0.39 is 0 Å². The van der Waals surface area contributed by atoms with Gasteiger partial charge in [-0.05, 0) is 20.8 Å². The van der Waals surface area contributed by atoms with E-state index in [-0.39, 0.29) is 17.2 Å². The van der Waals surface area contributed by atoms with Gasteiger partial charge in [0, 0.05) is 29.1 Å². The predicted octanol–water partition coefficient (Wildman–Crippen LogP) is 1.85. The summed E-state index contributed by atoms with van der Waals surface area (Å²) < 4.78 is 6.35. The number of aryl methyl sites for hydroxylation is 2. The monoisotopic (exact) mass is 281 g/mol. The Hall–Kier alpha value is -1.89. The van der Waals surface area contributed by atoms with Crippen LogP contribution in [0.4, 0.5) is 5.82 Å². The largest absolute Gasteiger partial charge is 0.362 e. The molecule has 2 aromatic heterocycles. The number of hydrogen-bond donors (Lipinski definition) is 1. The Morgan fingerprint density at radius 3 is 2.74 bits per heavy atom. The van der Waals surface area contributed by atoms with E-state index in [1.165, 1.54) is 17.6 Å². The molecule has 2 aromatic rings. The van der Waals surface area contributed by atoms with Gasteiger partial charge >= 0.3 is 4.87 Å². The lowest BCUT2D eigenvalue weighted by molar-refractivity contribution is -0.116. The smallest absolute Gasteiger partial charge is 0.307 e. The van der Waals surface area contributed by atoms with Crippen molar-refractivity contribution in [3.63, 3.8) is 0 Å². The van der Waals surface area contributed by atoms with Crippen LogP contribution in [0.15, 0.2) is 15.6 Å². The number of hydrogen-bond acceptors (Lipinski definition) is 5. The highest BCUT2D eigenvalue weighted by molar-refractivity contribution is 7.09. The number of nitrogens with zero attached hydrogens (tertiary/aromatic N) is 2. The molecule has 0 radical (unpaired) electrons. The fraction of sp³-hybridized carbons (Fsp3) is 0.417. The molecule has 0 unspecified atom stereocenters. The molecule has 0 atom stereocenters. The molecule has 0 bridgehead atoms. The molecule has 0 aromatic carbocycles. The zero-order chi connectivity index (χ0) is 14.0. The second kappa shape index (κ2) is 5.40. The standard InChI is InChI=1S/C12H15N3O3S/c1-7-6-18-14-11(7)13-10(16)4-5-15-8(2)9(3)19-12(15)17/h6H,4-5H2,1-3H3,(H,13,14,16). The van der Waals surface area contributed by atoms with Crippen molar-refractivity contribution in [3.05, 3.63) is 32.1 Å². The molecule has 0 spiro atoms. The van der Waals surface area contributed by atoms with Crippen LogP contribution in [0.1, 0.15) is 22.6 Å². The lowest BCUT2D eigenvalue weighted by Gasteiger charge is -2.05. The molecule has 0 aliphatic carbocycles. The van der Waals surface area contributed by atoms with Crippen molar-refractivity contribution in [1.82, 2.24) is 9.72 Å². The summed E-state index contributed by atoms with van der Waals surface area (Å²) in [4.78, 5) is 24.4. The molecule has 2 rings (SSSR count). The Morgan fingerprint density at radius 2 is 2.21 bits per heavy atom. The van der Waals surface area contributed by atoms with Crippen LogP contribution in [0.2, 0.25) is 0 Å². The van der Waals surface area contributed by atoms with Crippen molar-refractivity contribution >= 4 is 23.1 Å². The lowest BCUT2D eigenvalue weighted by Crippen LogP contribution is -2.20. The number of anilines is 1. The minimum absolute atomic E-state index is 0.0274. The molecule has 102 valence electrons. The summed E-state index contributed by atoms with van der Waals surface area (Å²) >= 11 is 1.20. The van der Waals surface area contributed by atoms with Gasteiger partial charge in [0.25, 0.3) is 0 Å². The average molecular weight is 281 g/mol. The van der Waals surface area contributed by atoms with E-state index in [4.69, 9.17) is 4.52 Å². The third kappa shape index (κ3) is 2.93. The first-order chi connectivity index (χ1) is 8.99. The fourth-order valence-corrected chi connectivity index (χ4v) is 2.52. The maximum absolute atomic E-state index is 11.8. The molecular weight excluding hydrogens is 266 g/mol. The maximum atomic E-state index is 11.8. The summed E-state index contributed by atoms with van der Waals surface area (Å²) in [5.74, 6) is 0.239. The van der Waals surface area contributed by atoms with Crippen molar-refractivity contribution in [3.8, 4) is 0 Å². The molecule has 0 saturated carbocycles. The van der Waals surface area contributed by atoms with Gasteiger partial charge in [-0.3, -0.25) is 9.59 Å². The molecular formula is C12H15N3O3S. The Kier molecular flexibility index (Phi) is 3.84. The molecule has 0 saturated heterocycles. The molecule has 19 heavy (non-hydrogen) atoms. The number of carbonyl (C=O) groups excluding carboxylic acids is 1. The van der Waals surface area contributed by atoms with Gasteiger partial charge in [-0.2, -0.15) is 0 Å². The first-order valence-electron chi connectivity index (χ1n) is 5.86. The molecule has 0 fully saturated rings. The Morgan fingerprint density at radius 1 is 1.47 bits per heavy atom. The highest BCUT2D eigenvalue weighted by Crippen LogP contribution is 2.12. The van der Waals surface area contributed by atoms with E-state index in [1.54, 1.807) is 11.5 Å². The highest BCUT2D eigenvalue weighted by Gasteiger charge is 2.11. The number of aromatic nitrogens is 2. The molecule has 6 nitrogen and oxygen atoms in total. The normalized spacial score (nSPS) is 10.7. The molecule has 0 aliphatic heterocycles. The molecule has 2 heterocycles. The van der Waals surface area contributed by atoms with E-state index >= 15 is 0 Å². The Labute approximate surface area is 114 Å². The Bertz CT molecular complexity index is 653. The van der Waals surface area contributed by atoms with Crippen molar-refractivity contribution in [2.24, 2.45) is 0 Å². The second-order valence-electron chi connectivity index (χ2n) is 4.31. The van der Waals surface area contributed by atoms with Gasteiger partial charge < -0.3 is 14.4 Å². The maximum Gasteiger partial charge on any atom is 0.307 e. The summed E-state index contributed by atoms with van der Waals surface area (Å²) in [6, 6.07) is 0. The zero-order valence-electron chi connectivity index (χ0n) is 11.0. The van der Waals surface area contributed by atoms with Gasteiger partial charge in [0.2, 0.25) is 5.91 Å². The van der Waals surface area contributed by atoms with Gasteiger partial charge in [0.15, 0.2) is 5.82 Å². The molecule has 1 amide bonds. The van der Waals surface area contributed by atoms with Crippen LogP contribution in [-0.4, -0.2) is 15.6 Å². The zero-order valence-corrected chi connectivity index (χ0v) is 11.8. The number of amides is 1. The highest BCUT2D eigenvalue weighted by atomic mass is 32.1. The topological polar surface area (TPSA) is 77.1 Å². The fourth-order valence-electron chi connectivity index (χ4n) is 1.66. The number of nitrogens with one attached hydrogen (secondary N) is 1. The van der Waals surface area contributed by atoms with Crippen molar-refractivity contribution in [2.45, 2.75) is 33.7 Å². The van der Waals surface area contributed by atoms with Gasteiger partial charge in [-0.15, -0.1) is 0 Å². The van der Waals surface area contributed by atoms with E-state index in [0.29, 0.717) is 12.4 Å². The number of rotatable bonds is 4. The van der Waals surface area contributed by atoms with Crippen LogP contribution in [0.25, 0.3) is 0 Å².